The van der Waals surface area contributed by atoms with E-state index in [0.29, 0.717) is 13.2 Å². The summed E-state index contributed by atoms with van der Waals surface area (Å²) >= 11 is 0. The van der Waals surface area contributed by atoms with E-state index >= 15 is 0 Å². The first-order valence-electron chi connectivity index (χ1n) is 5.86. The molecular weight excluding hydrogens is 224 g/mol. The minimum Gasteiger partial charge on any atom is -0.381 e. The molecule has 1 heterocycles. The van der Waals surface area contributed by atoms with Gasteiger partial charge in [-0.25, -0.2) is 8.78 Å². The van der Waals surface area contributed by atoms with E-state index in [1.54, 1.807) is 0 Å². The first-order chi connectivity index (χ1) is 8.11. The molecule has 0 spiro atoms. The Kier molecular flexibility index (Phi) is 3.74. The second-order valence-electron chi connectivity index (χ2n) is 4.73. The number of benzene rings is 1. The fraction of sp³-hybridized carbons (Fsp3) is 0.538. The van der Waals surface area contributed by atoms with Crippen LogP contribution in [0, 0.1) is 11.6 Å². The van der Waals surface area contributed by atoms with Crippen molar-refractivity contribution in [3.05, 3.63) is 35.4 Å². The number of hydrogen-bond acceptors (Lipinski definition) is 2. The van der Waals surface area contributed by atoms with Crippen molar-refractivity contribution >= 4 is 0 Å². The largest absolute Gasteiger partial charge is 0.381 e. The Bertz CT molecular complexity index is 369. The fourth-order valence-electron chi connectivity index (χ4n) is 2.00. The van der Waals surface area contributed by atoms with E-state index in [9.17, 15) is 8.78 Å². The van der Waals surface area contributed by atoms with E-state index in [4.69, 9.17) is 4.74 Å². The summed E-state index contributed by atoms with van der Waals surface area (Å²) in [6, 6.07) is 3.95. The molecule has 17 heavy (non-hydrogen) atoms. The van der Waals surface area contributed by atoms with Crippen molar-refractivity contribution in [2.24, 2.45) is 0 Å². The minimum atomic E-state index is -0.492. The van der Waals surface area contributed by atoms with Gasteiger partial charge in [0.1, 0.15) is 11.6 Å². The summed E-state index contributed by atoms with van der Waals surface area (Å²) in [7, 11) is 0. The van der Waals surface area contributed by atoms with Crippen molar-refractivity contribution in [1.29, 1.82) is 0 Å². The van der Waals surface area contributed by atoms with Gasteiger partial charge in [-0.3, -0.25) is 0 Å². The maximum atomic E-state index is 13.4. The summed E-state index contributed by atoms with van der Waals surface area (Å²) in [6.07, 6.45) is 1.73. The predicted octanol–water partition coefficient (Wildman–Crippen LogP) is 2.62. The molecule has 0 atom stereocenters. The maximum absolute atomic E-state index is 13.4. The number of halogens is 2. The lowest BCUT2D eigenvalue weighted by atomic mass is 9.92. The zero-order valence-corrected chi connectivity index (χ0v) is 9.93. The van der Waals surface area contributed by atoms with Gasteiger partial charge in [0.25, 0.3) is 0 Å². The van der Waals surface area contributed by atoms with E-state index in [1.165, 1.54) is 18.2 Å². The van der Waals surface area contributed by atoms with E-state index in [1.807, 2.05) is 0 Å². The molecule has 1 N–H and O–H groups in total. The maximum Gasteiger partial charge on any atom is 0.130 e. The van der Waals surface area contributed by atoms with Gasteiger partial charge in [0.2, 0.25) is 0 Å². The van der Waals surface area contributed by atoms with Gasteiger partial charge in [-0.15, -0.1) is 0 Å². The summed E-state index contributed by atoms with van der Waals surface area (Å²) in [4.78, 5) is 0. The third-order valence-electron chi connectivity index (χ3n) is 3.35. The van der Waals surface area contributed by atoms with E-state index in [2.05, 4.69) is 12.2 Å². The van der Waals surface area contributed by atoms with Gasteiger partial charge in [0.15, 0.2) is 0 Å². The summed E-state index contributed by atoms with van der Waals surface area (Å²) in [5.41, 5.74) is 0.0210. The highest BCUT2D eigenvalue weighted by atomic mass is 19.1. The van der Waals surface area contributed by atoms with Crippen LogP contribution >= 0.6 is 0 Å². The molecule has 0 aromatic heterocycles. The van der Waals surface area contributed by atoms with Crippen LogP contribution in [-0.4, -0.2) is 18.8 Å². The first kappa shape index (κ1) is 12.5. The number of nitrogens with one attached hydrogen (secondary N) is 1. The number of rotatable bonds is 3. The second-order valence-corrected chi connectivity index (χ2v) is 4.73. The fourth-order valence-corrected chi connectivity index (χ4v) is 2.00. The van der Waals surface area contributed by atoms with Crippen LogP contribution in [0.25, 0.3) is 0 Å². The highest BCUT2D eigenvalue weighted by Crippen LogP contribution is 2.21. The second kappa shape index (κ2) is 5.10. The normalized spacial score (nSPS) is 19.2. The molecule has 1 aromatic rings. The molecule has 1 saturated heterocycles. The van der Waals surface area contributed by atoms with Crippen LogP contribution in [0.2, 0.25) is 0 Å². The molecule has 0 radical (unpaired) electrons. The standard InChI is InChI=1S/C13H17F2NO/c1-13(5-7-17-8-6-13)16-9-10-11(14)3-2-4-12(10)15/h2-4,16H,5-9H2,1H3. The minimum absolute atomic E-state index is 0.0903. The van der Waals surface area contributed by atoms with Gasteiger partial charge in [0, 0.05) is 30.9 Å². The average Bonchev–Trinajstić information content (AvgIpc) is 2.29. The Labute approximate surface area is 100.0 Å². The summed E-state index contributed by atoms with van der Waals surface area (Å²) in [5, 5.41) is 3.24. The van der Waals surface area contributed by atoms with Crippen LogP contribution in [0.3, 0.4) is 0 Å². The smallest absolute Gasteiger partial charge is 0.130 e. The third kappa shape index (κ3) is 3.01. The highest BCUT2D eigenvalue weighted by Gasteiger charge is 2.27. The topological polar surface area (TPSA) is 21.3 Å². The first-order valence-corrected chi connectivity index (χ1v) is 5.86. The zero-order valence-electron chi connectivity index (χ0n) is 9.93. The lowest BCUT2D eigenvalue weighted by Gasteiger charge is -2.34. The lowest BCUT2D eigenvalue weighted by molar-refractivity contribution is 0.0444. The highest BCUT2D eigenvalue weighted by molar-refractivity contribution is 5.19. The molecule has 0 amide bonds. The van der Waals surface area contributed by atoms with Crippen LogP contribution in [0.15, 0.2) is 18.2 Å². The molecule has 1 fully saturated rings. The average molecular weight is 241 g/mol. The van der Waals surface area contributed by atoms with Gasteiger partial charge >= 0.3 is 0 Å². The van der Waals surface area contributed by atoms with Crippen molar-refractivity contribution in [2.75, 3.05) is 13.2 Å². The summed E-state index contributed by atoms with van der Waals surface area (Å²) < 4.78 is 32.1. The van der Waals surface area contributed by atoms with Crippen LogP contribution in [-0.2, 0) is 11.3 Å². The van der Waals surface area contributed by atoms with Gasteiger partial charge in [-0.05, 0) is 31.9 Å². The molecule has 94 valence electrons. The number of ether oxygens (including phenoxy) is 1. The molecule has 0 saturated carbocycles. The van der Waals surface area contributed by atoms with Crippen molar-refractivity contribution in [3.63, 3.8) is 0 Å². The molecule has 1 aliphatic heterocycles. The Balaban J connectivity index is 2.02. The lowest BCUT2D eigenvalue weighted by Crippen LogP contribution is -2.46. The quantitative estimate of drug-likeness (QED) is 0.878. The van der Waals surface area contributed by atoms with E-state index in [-0.39, 0.29) is 17.6 Å². The molecule has 2 rings (SSSR count). The van der Waals surface area contributed by atoms with Gasteiger partial charge in [-0.2, -0.15) is 0 Å². The van der Waals surface area contributed by atoms with Crippen molar-refractivity contribution < 1.29 is 13.5 Å². The molecular formula is C13H17F2NO. The number of hydrogen-bond donors (Lipinski definition) is 1. The summed E-state index contributed by atoms with van der Waals surface area (Å²) in [6.45, 7) is 3.68. The Morgan fingerprint density at radius 2 is 1.82 bits per heavy atom. The molecule has 0 bridgehead atoms. The Morgan fingerprint density at radius 3 is 2.41 bits per heavy atom. The molecule has 1 aliphatic rings. The van der Waals surface area contributed by atoms with Gasteiger partial charge in [-0.1, -0.05) is 6.07 Å². The summed E-state index contributed by atoms with van der Waals surface area (Å²) in [5.74, 6) is -0.985. The van der Waals surface area contributed by atoms with E-state index < -0.39 is 11.6 Å². The van der Waals surface area contributed by atoms with E-state index in [0.717, 1.165) is 12.8 Å². The van der Waals surface area contributed by atoms with Crippen LogP contribution < -0.4 is 5.32 Å². The molecule has 2 nitrogen and oxygen atoms in total. The van der Waals surface area contributed by atoms with Gasteiger partial charge < -0.3 is 10.1 Å². The van der Waals surface area contributed by atoms with Crippen molar-refractivity contribution in [2.45, 2.75) is 31.8 Å². The monoisotopic (exact) mass is 241 g/mol. The predicted molar refractivity (Wildman–Crippen MR) is 61.7 cm³/mol. The molecule has 0 unspecified atom stereocenters. The third-order valence-corrected chi connectivity index (χ3v) is 3.35. The Hall–Kier alpha value is -1.00. The Morgan fingerprint density at radius 1 is 1.24 bits per heavy atom. The zero-order chi connectivity index (χ0) is 12.3. The molecule has 4 heteroatoms. The van der Waals surface area contributed by atoms with Crippen molar-refractivity contribution in [3.8, 4) is 0 Å². The van der Waals surface area contributed by atoms with Crippen molar-refractivity contribution in [1.82, 2.24) is 5.32 Å². The van der Waals surface area contributed by atoms with Crippen LogP contribution in [0.1, 0.15) is 25.3 Å². The SMILES string of the molecule is CC1(NCc2c(F)cccc2F)CCOCC1. The molecule has 0 aliphatic carbocycles. The van der Waals surface area contributed by atoms with Crippen LogP contribution in [0.4, 0.5) is 8.78 Å². The van der Waals surface area contributed by atoms with Gasteiger partial charge in [0.05, 0.1) is 0 Å². The molecule has 1 aromatic carbocycles. The van der Waals surface area contributed by atoms with Crippen LogP contribution in [0.5, 0.6) is 0 Å².